The molecule has 0 fully saturated rings. The zero-order valence-electron chi connectivity index (χ0n) is 10.5. The molecule has 1 unspecified atom stereocenters. The lowest BCUT2D eigenvalue weighted by molar-refractivity contribution is 0.172. The monoisotopic (exact) mass is 268 g/mol. The molecule has 18 heavy (non-hydrogen) atoms. The van der Waals surface area contributed by atoms with Crippen molar-refractivity contribution in [2.75, 3.05) is 13.2 Å². The van der Waals surface area contributed by atoms with Crippen LogP contribution in [0.15, 0.2) is 30.3 Å². The van der Waals surface area contributed by atoms with Crippen LogP contribution < -0.4 is 0 Å². The molecule has 1 N–H and O–H groups in total. The summed E-state index contributed by atoms with van der Waals surface area (Å²) in [5.74, 6) is 3.80. The first-order valence-corrected chi connectivity index (χ1v) is 7.37. The Labute approximate surface area is 107 Å². The molecule has 0 heterocycles. The van der Waals surface area contributed by atoms with E-state index in [2.05, 4.69) is 11.8 Å². The molecule has 4 nitrogen and oxygen atoms in total. The predicted octanol–water partition coefficient (Wildman–Crippen LogP) is 2.62. The highest BCUT2D eigenvalue weighted by Gasteiger charge is 2.32. The first-order chi connectivity index (χ1) is 8.62. The Morgan fingerprint density at radius 3 is 2.28 bits per heavy atom. The second-order valence-corrected chi connectivity index (χ2v) is 5.47. The average Bonchev–Trinajstić information content (AvgIpc) is 2.37. The molecule has 0 saturated carbocycles. The van der Waals surface area contributed by atoms with Gasteiger partial charge in [0.05, 0.1) is 13.2 Å². The number of aliphatic hydroxyl groups excluding tert-OH is 1. The summed E-state index contributed by atoms with van der Waals surface area (Å²) in [5.41, 5.74) is 0.732. The number of rotatable bonds is 5. The maximum atomic E-state index is 12.1. The van der Waals surface area contributed by atoms with Gasteiger partial charge in [0.25, 0.3) is 0 Å². The van der Waals surface area contributed by atoms with Crippen LogP contribution in [0.4, 0.5) is 0 Å². The van der Waals surface area contributed by atoms with E-state index < -0.39 is 13.4 Å². The Balaban J connectivity index is 2.83. The molecule has 0 aliphatic rings. The molecule has 5 heteroatoms. The molecule has 0 saturated heterocycles. The van der Waals surface area contributed by atoms with E-state index in [0.29, 0.717) is 0 Å². The minimum Gasteiger partial charge on any atom is -0.370 e. The normalized spacial score (nSPS) is 12.6. The standard InChI is InChI=1S/C13H17O4P/c1-3-16-18(15,17-4-2)13(14)11-10-12-8-6-5-7-9-12/h5-9,13-14H,3-4H2,1-2H3. The average molecular weight is 268 g/mol. The Hall–Kier alpha value is -1.11. The number of hydrogen-bond donors (Lipinski definition) is 1. The lowest BCUT2D eigenvalue weighted by atomic mass is 10.2. The van der Waals surface area contributed by atoms with Crippen LogP contribution in [-0.2, 0) is 13.6 Å². The number of hydrogen-bond acceptors (Lipinski definition) is 4. The Morgan fingerprint density at radius 2 is 1.78 bits per heavy atom. The molecule has 1 atom stereocenters. The van der Waals surface area contributed by atoms with Gasteiger partial charge >= 0.3 is 7.60 Å². The zero-order valence-corrected chi connectivity index (χ0v) is 11.4. The largest absolute Gasteiger partial charge is 0.371 e. The summed E-state index contributed by atoms with van der Waals surface area (Å²) in [4.78, 5) is 0. The van der Waals surface area contributed by atoms with Crippen molar-refractivity contribution in [3.05, 3.63) is 35.9 Å². The van der Waals surface area contributed by atoms with Crippen molar-refractivity contribution in [3.63, 3.8) is 0 Å². The van der Waals surface area contributed by atoms with Crippen LogP contribution in [0, 0.1) is 11.8 Å². The van der Waals surface area contributed by atoms with Crippen LogP contribution in [0.2, 0.25) is 0 Å². The van der Waals surface area contributed by atoms with Crippen LogP contribution in [0.5, 0.6) is 0 Å². The van der Waals surface area contributed by atoms with Crippen LogP contribution in [0.1, 0.15) is 19.4 Å². The van der Waals surface area contributed by atoms with Gasteiger partial charge in [-0.15, -0.1) is 0 Å². The van der Waals surface area contributed by atoms with Crippen LogP contribution >= 0.6 is 7.60 Å². The molecule has 0 aliphatic heterocycles. The van der Waals surface area contributed by atoms with Gasteiger partial charge in [0, 0.05) is 5.56 Å². The molecular formula is C13H17O4P. The fourth-order valence-corrected chi connectivity index (χ4v) is 2.59. The summed E-state index contributed by atoms with van der Waals surface area (Å²) in [6, 6.07) is 9.13. The summed E-state index contributed by atoms with van der Waals surface area (Å²) in [5, 5.41) is 9.81. The zero-order chi connectivity index (χ0) is 13.4. The molecule has 0 spiro atoms. The van der Waals surface area contributed by atoms with E-state index in [-0.39, 0.29) is 13.2 Å². The van der Waals surface area contributed by atoms with Crippen molar-refractivity contribution in [1.82, 2.24) is 0 Å². The van der Waals surface area contributed by atoms with Gasteiger partial charge in [-0.05, 0) is 26.0 Å². The van der Waals surface area contributed by atoms with Crippen LogP contribution in [-0.4, -0.2) is 24.2 Å². The van der Waals surface area contributed by atoms with Gasteiger partial charge < -0.3 is 14.2 Å². The maximum Gasteiger partial charge on any atom is 0.371 e. The summed E-state index contributed by atoms with van der Waals surface area (Å²) in [6.45, 7) is 3.76. The van der Waals surface area contributed by atoms with Crippen molar-refractivity contribution in [3.8, 4) is 11.8 Å². The summed E-state index contributed by atoms with van der Waals surface area (Å²) >= 11 is 0. The van der Waals surface area contributed by atoms with Gasteiger partial charge in [0.1, 0.15) is 0 Å². The Kier molecular flexibility index (Phi) is 6.11. The molecule has 0 aromatic heterocycles. The van der Waals surface area contributed by atoms with Crippen LogP contribution in [0.3, 0.4) is 0 Å². The second kappa shape index (κ2) is 7.35. The highest BCUT2D eigenvalue weighted by molar-refractivity contribution is 7.54. The number of benzene rings is 1. The van der Waals surface area contributed by atoms with Crippen molar-refractivity contribution < 1.29 is 18.7 Å². The molecule has 0 radical (unpaired) electrons. The van der Waals surface area contributed by atoms with Gasteiger partial charge in [-0.2, -0.15) is 0 Å². The van der Waals surface area contributed by atoms with Gasteiger partial charge in [-0.1, -0.05) is 30.0 Å². The molecule has 0 aliphatic carbocycles. The topological polar surface area (TPSA) is 55.8 Å². The lowest BCUT2D eigenvalue weighted by Crippen LogP contribution is -2.10. The van der Waals surface area contributed by atoms with E-state index >= 15 is 0 Å². The second-order valence-electron chi connectivity index (χ2n) is 3.38. The molecule has 1 aromatic carbocycles. The van der Waals surface area contributed by atoms with Gasteiger partial charge in [0.2, 0.25) is 5.85 Å². The third-order valence-electron chi connectivity index (χ3n) is 2.04. The van der Waals surface area contributed by atoms with Crippen molar-refractivity contribution in [2.45, 2.75) is 19.7 Å². The van der Waals surface area contributed by atoms with Crippen LogP contribution in [0.25, 0.3) is 0 Å². The maximum absolute atomic E-state index is 12.1. The Bertz CT molecular complexity index is 451. The molecular weight excluding hydrogens is 251 g/mol. The third-order valence-corrected chi connectivity index (χ3v) is 4.00. The summed E-state index contributed by atoms with van der Waals surface area (Å²) in [6.07, 6.45) is 0. The molecule has 98 valence electrons. The first-order valence-electron chi connectivity index (χ1n) is 5.76. The molecule has 0 amide bonds. The summed E-state index contributed by atoms with van der Waals surface area (Å²) in [7, 11) is -3.57. The molecule has 1 rings (SSSR count). The first kappa shape index (κ1) is 14.9. The summed E-state index contributed by atoms with van der Waals surface area (Å²) < 4.78 is 22.1. The van der Waals surface area contributed by atoms with E-state index in [0.717, 1.165) is 5.56 Å². The van der Waals surface area contributed by atoms with E-state index in [1.165, 1.54) is 0 Å². The van der Waals surface area contributed by atoms with Crippen molar-refractivity contribution in [2.24, 2.45) is 0 Å². The van der Waals surface area contributed by atoms with Crippen molar-refractivity contribution in [1.29, 1.82) is 0 Å². The van der Waals surface area contributed by atoms with E-state index in [1.54, 1.807) is 26.0 Å². The van der Waals surface area contributed by atoms with Crippen molar-refractivity contribution >= 4 is 7.60 Å². The fourth-order valence-electron chi connectivity index (χ4n) is 1.29. The minimum absolute atomic E-state index is 0.196. The van der Waals surface area contributed by atoms with E-state index in [1.807, 2.05) is 18.2 Å². The third kappa shape index (κ3) is 4.29. The highest BCUT2D eigenvalue weighted by atomic mass is 31.2. The fraction of sp³-hybridized carbons (Fsp3) is 0.385. The smallest absolute Gasteiger partial charge is 0.370 e. The Morgan fingerprint density at radius 1 is 1.22 bits per heavy atom. The quantitative estimate of drug-likeness (QED) is 0.658. The minimum atomic E-state index is -3.57. The van der Waals surface area contributed by atoms with Gasteiger partial charge in [0.15, 0.2) is 0 Å². The molecule has 1 aromatic rings. The number of aliphatic hydroxyl groups is 1. The van der Waals surface area contributed by atoms with Gasteiger partial charge in [-0.25, -0.2) is 0 Å². The predicted molar refractivity (Wildman–Crippen MR) is 70.2 cm³/mol. The lowest BCUT2D eigenvalue weighted by Gasteiger charge is -2.18. The molecule has 0 bridgehead atoms. The van der Waals surface area contributed by atoms with E-state index in [9.17, 15) is 9.67 Å². The van der Waals surface area contributed by atoms with Gasteiger partial charge in [-0.3, -0.25) is 4.57 Å². The highest BCUT2D eigenvalue weighted by Crippen LogP contribution is 2.51. The van der Waals surface area contributed by atoms with E-state index in [4.69, 9.17) is 9.05 Å². The SMILES string of the molecule is CCOP(=O)(OCC)C(O)C#Cc1ccccc1.